The van der Waals surface area contributed by atoms with Gasteiger partial charge in [-0.2, -0.15) is 10.2 Å². The van der Waals surface area contributed by atoms with Gasteiger partial charge in [0.25, 0.3) is 0 Å². The van der Waals surface area contributed by atoms with E-state index in [2.05, 4.69) is 21.1 Å². The minimum absolute atomic E-state index is 0.100. The number of aliphatic hydroxyl groups excluding tert-OH is 5. The molecule has 0 bridgehead atoms. The van der Waals surface area contributed by atoms with Crippen LogP contribution in [0.2, 0.25) is 0 Å². The average Bonchev–Trinajstić information content (AvgIpc) is 3.27. The fraction of sp³-hybridized carbons (Fsp3) is 0.417. The first-order valence-electron chi connectivity index (χ1n) is 11.5. The van der Waals surface area contributed by atoms with E-state index >= 15 is 0 Å². The Morgan fingerprint density at radius 1 is 0.917 bits per heavy atom. The van der Waals surface area contributed by atoms with E-state index < -0.39 is 55.6 Å². The Morgan fingerprint density at radius 3 is 2.19 bits per heavy atom. The largest absolute Gasteiger partial charge is 0.394 e. The Balaban J connectivity index is 1.54. The highest BCUT2D eigenvalue weighted by Gasteiger charge is 2.48. The number of nitrogens with one attached hydrogen (secondary N) is 2. The Morgan fingerprint density at radius 2 is 1.56 bits per heavy atom. The van der Waals surface area contributed by atoms with Crippen LogP contribution in [0.5, 0.6) is 0 Å². The van der Waals surface area contributed by atoms with Gasteiger partial charge in [0.2, 0.25) is 0 Å². The Bertz CT molecular complexity index is 1010. The van der Waals surface area contributed by atoms with Crippen molar-refractivity contribution in [1.82, 2.24) is 0 Å². The second kappa shape index (κ2) is 12.3. The predicted octanol–water partition coefficient (Wildman–Crippen LogP) is -0.503. The second-order valence-electron chi connectivity index (χ2n) is 8.37. The molecule has 2 heterocycles. The molecule has 2 fully saturated rings. The normalized spacial score (nSPS) is 33.1. The van der Waals surface area contributed by atoms with E-state index in [0.717, 1.165) is 5.69 Å². The topological polar surface area (TPSA) is 178 Å². The Labute approximate surface area is 207 Å². The first-order chi connectivity index (χ1) is 17.5. The highest BCUT2D eigenvalue weighted by molar-refractivity contribution is 6.33. The van der Waals surface area contributed by atoms with E-state index in [-0.39, 0.29) is 12.3 Å². The van der Waals surface area contributed by atoms with Crippen LogP contribution >= 0.6 is 0 Å². The molecular formula is C24H30N4O8. The summed E-state index contributed by atoms with van der Waals surface area (Å²) in [6, 6.07) is 18.4. The van der Waals surface area contributed by atoms with Crippen molar-refractivity contribution < 1.29 is 39.7 Å². The third-order valence-corrected chi connectivity index (χ3v) is 5.81. The summed E-state index contributed by atoms with van der Waals surface area (Å²) in [6.45, 7) is -0.708. The minimum atomic E-state index is -1.63. The molecule has 2 aromatic rings. The molecule has 194 valence electrons. The predicted molar refractivity (Wildman–Crippen MR) is 130 cm³/mol. The molecule has 2 aromatic carbocycles. The van der Waals surface area contributed by atoms with Crippen LogP contribution in [-0.4, -0.2) is 99.7 Å². The van der Waals surface area contributed by atoms with E-state index in [9.17, 15) is 25.5 Å². The van der Waals surface area contributed by atoms with Crippen molar-refractivity contribution >= 4 is 23.3 Å². The molecule has 0 saturated carbocycles. The lowest BCUT2D eigenvalue weighted by atomic mass is 9.99. The zero-order valence-corrected chi connectivity index (χ0v) is 19.2. The van der Waals surface area contributed by atoms with Crippen LogP contribution in [0.15, 0.2) is 70.9 Å². The molecule has 12 nitrogen and oxygen atoms in total. The molecule has 0 aromatic heterocycles. The number of benzene rings is 2. The minimum Gasteiger partial charge on any atom is -0.394 e. The zero-order chi connectivity index (χ0) is 25.5. The van der Waals surface area contributed by atoms with Crippen molar-refractivity contribution in [1.29, 1.82) is 0 Å². The molecular weight excluding hydrogens is 472 g/mol. The van der Waals surface area contributed by atoms with E-state index in [1.807, 2.05) is 60.7 Å². The van der Waals surface area contributed by atoms with Crippen molar-refractivity contribution in [2.24, 2.45) is 10.2 Å². The number of hydrogen-bond donors (Lipinski definition) is 7. The second-order valence-corrected chi connectivity index (χ2v) is 8.37. The van der Waals surface area contributed by atoms with Gasteiger partial charge in [-0.15, -0.1) is 0 Å². The maximum Gasteiger partial charge on any atom is 0.187 e. The van der Waals surface area contributed by atoms with Crippen LogP contribution in [0.1, 0.15) is 0 Å². The van der Waals surface area contributed by atoms with Gasteiger partial charge < -0.3 is 39.7 Å². The third-order valence-electron chi connectivity index (χ3n) is 5.81. The number of anilines is 2. The number of hydrogen-bond acceptors (Lipinski definition) is 12. The van der Waals surface area contributed by atoms with Gasteiger partial charge in [0.15, 0.2) is 6.29 Å². The number of para-hydroxylation sites is 2. The summed E-state index contributed by atoms with van der Waals surface area (Å²) >= 11 is 0. The first-order valence-corrected chi connectivity index (χ1v) is 11.5. The maximum absolute atomic E-state index is 10.6. The van der Waals surface area contributed by atoms with Crippen molar-refractivity contribution in [2.75, 3.05) is 24.1 Å². The average molecular weight is 503 g/mol. The summed E-state index contributed by atoms with van der Waals surface area (Å²) in [5.74, 6) is 0. The van der Waals surface area contributed by atoms with Crippen molar-refractivity contribution in [2.45, 2.75) is 49.0 Å². The van der Waals surface area contributed by atoms with Crippen LogP contribution in [0.4, 0.5) is 11.4 Å². The molecule has 8 atom stereocenters. The summed E-state index contributed by atoms with van der Waals surface area (Å²) in [6.07, 6.45) is -9.13. The molecule has 0 unspecified atom stereocenters. The molecule has 2 aliphatic rings. The molecule has 4 rings (SSSR count). The lowest BCUT2D eigenvalue weighted by molar-refractivity contribution is -0.316. The molecule has 2 aliphatic heterocycles. The summed E-state index contributed by atoms with van der Waals surface area (Å²) in [5, 5.41) is 59.1. The molecule has 36 heavy (non-hydrogen) atoms. The Hall–Kier alpha value is -2.94. The van der Waals surface area contributed by atoms with Gasteiger partial charge in [-0.25, -0.2) is 0 Å². The lowest BCUT2D eigenvalue weighted by Crippen LogP contribution is -2.60. The molecule has 0 radical (unpaired) electrons. The standard InChI is InChI=1S/C24H30N4O8/c29-12-18-19(31)20(32)21(33)24(35-18)36-23-17(30)13-34-22(23)16(28-27-15-9-5-2-6-10-15)11-25-26-14-7-3-1-4-8-14/h1-11,17-24,26-27,29-33H,12-13H2/b25-11-,28-16-/t17-,18+,19-,20-,21-,22-,23-,24-/m1/s1. The zero-order valence-electron chi connectivity index (χ0n) is 19.2. The van der Waals surface area contributed by atoms with Gasteiger partial charge in [-0.05, 0) is 24.3 Å². The van der Waals surface area contributed by atoms with Crippen LogP contribution in [0, 0.1) is 0 Å². The summed E-state index contributed by atoms with van der Waals surface area (Å²) in [5.41, 5.74) is 7.49. The number of aliphatic hydroxyl groups is 5. The van der Waals surface area contributed by atoms with Gasteiger partial charge in [-0.1, -0.05) is 36.4 Å². The lowest BCUT2D eigenvalue weighted by Gasteiger charge is -2.41. The monoisotopic (exact) mass is 502 g/mol. The molecule has 0 aliphatic carbocycles. The van der Waals surface area contributed by atoms with E-state index in [0.29, 0.717) is 5.69 Å². The van der Waals surface area contributed by atoms with Crippen molar-refractivity contribution in [3.63, 3.8) is 0 Å². The number of rotatable bonds is 9. The first kappa shape index (κ1) is 26.1. The van der Waals surface area contributed by atoms with E-state index in [1.54, 1.807) is 0 Å². The molecule has 0 amide bonds. The summed E-state index contributed by atoms with van der Waals surface area (Å²) < 4.78 is 17.0. The maximum atomic E-state index is 10.6. The van der Waals surface area contributed by atoms with Gasteiger partial charge in [0.1, 0.15) is 48.4 Å². The van der Waals surface area contributed by atoms with Crippen LogP contribution < -0.4 is 10.9 Å². The molecule has 2 saturated heterocycles. The van der Waals surface area contributed by atoms with Gasteiger partial charge in [0, 0.05) is 0 Å². The highest BCUT2D eigenvalue weighted by atomic mass is 16.7. The van der Waals surface area contributed by atoms with Gasteiger partial charge >= 0.3 is 0 Å². The van der Waals surface area contributed by atoms with Crippen LogP contribution in [-0.2, 0) is 14.2 Å². The number of hydrazone groups is 2. The molecule has 12 heteroatoms. The number of nitrogens with zero attached hydrogens (tertiary/aromatic N) is 2. The Kier molecular flexibility index (Phi) is 8.96. The highest BCUT2D eigenvalue weighted by Crippen LogP contribution is 2.27. The molecule has 0 spiro atoms. The van der Waals surface area contributed by atoms with Crippen molar-refractivity contribution in [3.8, 4) is 0 Å². The molecule has 7 N–H and O–H groups in total. The third kappa shape index (κ3) is 6.24. The smallest absolute Gasteiger partial charge is 0.187 e. The van der Waals surface area contributed by atoms with Gasteiger partial charge in [-0.3, -0.25) is 10.9 Å². The van der Waals surface area contributed by atoms with E-state index in [1.165, 1.54) is 6.21 Å². The van der Waals surface area contributed by atoms with Crippen LogP contribution in [0.3, 0.4) is 0 Å². The summed E-state index contributed by atoms with van der Waals surface area (Å²) in [4.78, 5) is 0. The SMILES string of the molecule is OC[C@@H]1O[C@H](O[C@@H]2[C@H](O)CO[C@@H]2C(/C=N\Nc2ccccc2)=N\Nc2ccccc2)[C@H](O)[C@H](O)[C@@H]1O. The quantitative estimate of drug-likeness (QED) is 0.175. The van der Waals surface area contributed by atoms with Crippen molar-refractivity contribution in [3.05, 3.63) is 60.7 Å². The van der Waals surface area contributed by atoms with Crippen LogP contribution in [0.25, 0.3) is 0 Å². The summed E-state index contributed by atoms with van der Waals surface area (Å²) in [7, 11) is 0. The fourth-order valence-electron chi connectivity index (χ4n) is 3.84. The van der Waals surface area contributed by atoms with Gasteiger partial charge in [0.05, 0.1) is 30.8 Å². The van der Waals surface area contributed by atoms with E-state index in [4.69, 9.17) is 14.2 Å². The number of ether oxygens (including phenoxy) is 3. The fourth-order valence-corrected chi connectivity index (χ4v) is 3.84.